The molecule has 0 spiro atoms. The molecular weight excluding hydrogens is 278 g/mol. The molecule has 106 valence electrons. The minimum atomic E-state index is -0.292. The van der Waals surface area contributed by atoms with Crippen molar-refractivity contribution in [2.45, 2.75) is 17.3 Å². The second-order valence-electron chi connectivity index (χ2n) is 3.92. The molecule has 7 nitrogen and oxygen atoms in total. The van der Waals surface area contributed by atoms with Crippen molar-refractivity contribution in [2.75, 3.05) is 14.2 Å². The number of thioether (sulfide) groups is 1. The summed E-state index contributed by atoms with van der Waals surface area (Å²) in [5, 5.41) is 14.4. The van der Waals surface area contributed by atoms with Gasteiger partial charge in [-0.3, -0.25) is 4.79 Å². The molecule has 0 fully saturated rings. The number of tetrazole rings is 1. The Hall–Kier alpha value is -2.09. The Kier molecular flexibility index (Phi) is 4.57. The van der Waals surface area contributed by atoms with Crippen LogP contribution in [-0.2, 0) is 4.79 Å². The van der Waals surface area contributed by atoms with Gasteiger partial charge in [0.05, 0.1) is 12.4 Å². The summed E-state index contributed by atoms with van der Waals surface area (Å²) in [6, 6.07) is 7.42. The highest BCUT2D eigenvalue weighted by Gasteiger charge is 2.19. The van der Waals surface area contributed by atoms with E-state index in [1.807, 2.05) is 24.3 Å². The summed E-state index contributed by atoms with van der Waals surface area (Å²) in [5.41, 5.74) is 0.728. The molecule has 0 aliphatic carbocycles. The lowest BCUT2D eigenvalue weighted by molar-refractivity contribution is -0.119. The Morgan fingerprint density at radius 2 is 2.20 bits per heavy atom. The number of nitrogens with zero attached hydrogens (tertiary/aromatic N) is 4. The third kappa shape index (κ3) is 2.90. The molecular formula is C12H15N5O2S. The predicted molar refractivity (Wildman–Crippen MR) is 75.1 cm³/mol. The first-order valence-electron chi connectivity index (χ1n) is 5.97. The molecule has 0 aliphatic heterocycles. The highest BCUT2D eigenvalue weighted by Crippen LogP contribution is 2.27. The number of carbonyl (C=O) groups excluding carboxylic acids is 1. The molecule has 1 atom stereocenters. The summed E-state index contributed by atoms with van der Waals surface area (Å²) in [6.45, 7) is 1.80. The predicted octanol–water partition coefficient (Wildman–Crippen LogP) is 0.897. The van der Waals surface area contributed by atoms with E-state index in [0.29, 0.717) is 10.9 Å². The van der Waals surface area contributed by atoms with Crippen LogP contribution in [0.1, 0.15) is 6.92 Å². The summed E-state index contributed by atoms with van der Waals surface area (Å²) in [4.78, 5) is 11.6. The number of para-hydroxylation sites is 2. The van der Waals surface area contributed by atoms with Gasteiger partial charge in [-0.2, -0.15) is 4.68 Å². The standard InChI is InChI=1S/C12H15N5O2S/c1-8(11(18)13-2)20-12-14-15-16-17(12)9-6-4-5-7-10(9)19-3/h4-8H,1-3H3,(H,13,18). The summed E-state index contributed by atoms with van der Waals surface area (Å²) in [6.07, 6.45) is 0. The number of methoxy groups -OCH3 is 1. The smallest absolute Gasteiger partial charge is 0.233 e. The third-order valence-corrected chi connectivity index (χ3v) is 3.69. The molecule has 1 unspecified atom stereocenters. The second kappa shape index (κ2) is 6.38. The van der Waals surface area contributed by atoms with Gasteiger partial charge in [-0.1, -0.05) is 23.9 Å². The first-order valence-corrected chi connectivity index (χ1v) is 6.85. The summed E-state index contributed by atoms with van der Waals surface area (Å²) >= 11 is 1.28. The molecule has 8 heteroatoms. The molecule has 1 aromatic heterocycles. The normalized spacial score (nSPS) is 11.9. The maximum atomic E-state index is 11.6. The Morgan fingerprint density at radius 1 is 1.45 bits per heavy atom. The quantitative estimate of drug-likeness (QED) is 0.825. The van der Waals surface area contributed by atoms with Gasteiger partial charge in [0.2, 0.25) is 11.1 Å². The van der Waals surface area contributed by atoms with E-state index in [-0.39, 0.29) is 11.2 Å². The highest BCUT2D eigenvalue weighted by molar-refractivity contribution is 8.00. The molecule has 0 radical (unpaired) electrons. The van der Waals surface area contributed by atoms with Crippen molar-refractivity contribution in [3.63, 3.8) is 0 Å². The van der Waals surface area contributed by atoms with Gasteiger partial charge in [-0.15, -0.1) is 5.10 Å². The average Bonchev–Trinajstić information content (AvgIpc) is 2.94. The van der Waals surface area contributed by atoms with Crippen LogP contribution in [0.4, 0.5) is 0 Å². The van der Waals surface area contributed by atoms with Crippen molar-refractivity contribution in [1.29, 1.82) is 0 Å². The van der Waals surface area contributed by atoms with Gasteiger partial charge < -0.3 is 10.1 Å². The summed E-state index contributed by atoms with van der Waals surface area (Å²) in [7, 11) is 3.19. The van der Waals surface area contributed by atoms with Crippen LogP contribution in [-0.4, -0.2) is 45.5 Å². The fourth-order valence-corrected chi connectivity index (χ4v) is 2.48. The van der Waals surface area contributed by atoms with Crippen LogP contribution >= 0.6 is 11.8 Å². The lowest BCUT2D eigenvalue weighted by atomic mass is 10.3. The Balaban J connectivity index is 2.31. The Bertz CT molecular complexity index is 601. The molecule has 2 aromatic rings. The van der Waals surface area contributed by atoms with Gasteiger partial charge in [0.1, 0.15) is 11.4 Å². The Labute approximate surface area is 120 Å². The van der Waals surface area contributed by atoms with Crippen molar-refractivity contribution in [1.82, 2.24) is 25.5 Å². The SMILES string of the molecule is CNC(=O)C(C)Sc1nnnn1-c1ccccc1OC. The van der Waals surface area contributed by atoms with Crippen molar-refractivity contribution in [3.8, 4) is 11.4 Å². The van der Waals surface area contributed by atoms with E-state index >= 15 is 0 Å². The van der Waals surface area contributed by atoms with E-state index < -0.39 is 0 Å². The van der Waals surface area contributed by atoms with Crippen molar-refractivity contribution < 1.29 is 9.53 Å². The topological polar surface area (TPSA) is 81.9 Å². The van der Waals surface area contributed by atoms with E-state index in [9.17, 15) is 4.79 Å². The molecule has 0 aliphatic rings. The Morgan fingerprint density at radius 3 is 2.90 bits per heavy atom. The molecule has 1 aromatic carbocycles. The van der Waals surface area contributed by atoms with Crippen LogP contribution in [0.15, 0.2) is 29.4 Å². The van der Waals surface area contributed by atoms with E-state index in [0.717, 1.165) is 5.69 Å². The number of amides is 1. The zero-order valence-electron chi connectivity index (χ0n) is 11.4. The van der Waals surface area contributed by atoms with Crippen LogP contribution in [0.25, 0.3) is 5.69 Å². The van der Waals surface area contributed by atoms with Gasteiger partial charge in [0.15, 0.2) is 0 Å². The largest absolute Gasteiger partial charge is 0.494 e. The van der Waals surface area contributed by atoms with E-state index in [4.69, 9.17) is 4.74 Å². The van der Waals surface area contributed by atoms with E-state index in [1.165, 1.54) is 11.8 Å². The number of carbonyl (C=O) groups is 1. The van der Waals surface area contributed by atoms with Gasteiger partial charge in [0.25, 0.3) is 0 Å². The zero-order valence-corrected chi connectivity index (χ0v) is 12.2. The zero-order chi connectivity index (χ0) is 14.5. The number of ether oxygens (including phenoxy) is 1. The first-order chi connectivity index (χ1) is 9.67. The first kappa shape index (κ1) is 14.3. The molecule has 20 heavy (non-hydrogen) atoms. The van der Waals surface area contributed by atoms with Crippen molar-refractivity contribution in [2.24, 2.45) is 0 Å². The third-order valence-electron chi connectivity index (χ3n) is 2.65. The molecule has 1 heterocycles. The number of nitrogens with one attached hydrogen (secondary N) is 1. The molecule has 0 saturated carbocycles. The fraction of sp³-hybridized carbons (Fsp3) is 0.333. The lowest BCUT2D eigenvalue weighted by Gasteiger charge is -2.11. The van der Waals surface area contributed by atoms with Gasteiger partial charge in [-0.05, 0) is 29.5 Å². The van der Waals surface area contributed by atoms with Gasteiger partial charge in [-0.25, -0.2) is 0 Å². The summed E-state index contributed by atoms with van der Waals surface area (Å²) in [5.74, 6) is 0.582. The van der Waals surface area contributed by atoms with E-state index in [2.05, 4.69) is 20.8 Å². The van der Waals surface area contributed by atoms with E-state index in [1.54, 1.807) is 25.8 Å². The van der Waals surface area contributed by atoms with Gasteiger partial charge in [0, 0.05) is 7.05 Å². The number of rotatable bonds is 5. The van der Waals surface area contributed by atoms with Crippen LogP contribution < -0.4 is 10.1 Å². The van der Waals surface area contributed by atoms with Crippen LogP contribution in [0, 0.1) is 0 Å². The monoisotopic (exact) mass is 293 g/mol. The minimum Gasteiger partial charge on any atom is -0.494 e. The fourth-order valence-electron chi connectivity index (χ4n) is 1.62. The molecule has 2 rings (SSSR count). The number of aromatic nitrogens is 4. The lowest BCUT2D eigenvalue weighted by Crippen LogP contribution is -2.27. The van der Waals surface area contributed by atoms with Crippen molar-refractivity contribution >= 4 is 17.7 Å². The maximum absolute atomic E-state index is 11.6. The second-order valence-corrected chi connectivity index (χ2v) is 5.23. The van der Waals surface area contributed by atoms with Gasteiger partial charge >= 0.3 is 0 Å². The van der Waals surface area contributed by atoms with Crippen molar-refractivity contribution in [3.05, 3.63) is 24.3 Å². The van der Waals surface area contributed by atoms with Crippen LogP contribution in [0.5, 0.6) is 5.75 Å². The number of hydrogen-bond donors (Lipinski definition) is 1. The minimum absolute atomic E-state index is 0.0791. The molecule has 0 bridgehead atoms. The maximum Gasteiger partial charge on any atom is 0.233 e. The number of hydrogen-bond acceptors (Lipinski definition) is 6. The van der Waals surface area contributed by atoms with Crippen LogP contribution in [0.3, 0.4) is 0 Å². The number of benzene rings is 1. The molecule has 1 N–H and O–H groups in total. The molecule has 0 saturated heterocycles. The van der Waals surface area contributed by atoms with Crippen LogP contribution in [0.2, 0.25) is 0 Å². The summed E-state index contributed by atoms with van der Waals surface area (Å²) < 4.78 is 6.85. The average molecular weight is 293 g/mol. The molecule has 1 amide bonds. The highest BCUT2D eigenvalue weighted by atomic mass is 32.2.